The van der Waals surface area contributed by atoms with Crippen molar-refractivity contribution in [2.75, 3.05) is 59.8 Å². The van der Waals surface area contributed by atoms with Gasteiger partial charge in [-0.15, -0.1) is 0 Å². The molecule has 1 aliphatic rings. The monoisotopic (exact) mass is 597 g/mol. The normalized spacial score (nSPS) is 13.6. The van der Waals surface area contributed by atoms with Crippen LogP contribution in [0.15, 0.2) is 33.2 Å². The molecule has 2 aromatic carbocycles. The van der Waals surface area contributed by atoms with E-state index in [0.29, 0.717) is 30.2 Å². The van der Waals surface area contributed by atoms with Crippen molar-refractivity contribution < 1.29 is 19.0 Å². The third kappa shape index (κ3) is 7.02. The van der Waals surface area contributed by atoms with Crippen LogP contribution in [0.4, 0.5) is 5.69 Å². The molecule has 1 heterocycles. The van der Waals surface area contributed by atoms with E-state index >= 15 is 0 Å². The quantitative estimate of drug-likeness (QED) is 0.302. The first-order chi connectivity index (χ1) is 16.3. The van der Waals surface area contributed by atoms with Gasteiger partial charge in [0.1, 0.15) is 5.75 Å². The predicted octanol–water partition coefficient (Wildman–Crippen LogP) is 4.53. The minimum absolute atomic E-state index is 0.169. The maximum atomic E-state index is 12.8. The summed E-state index contributed by atoms with van der Waals surface area (Å²) in [4.78, 5) is 17.1. The van der Waals surface area contributed by atoms with E-state index in [0.717, 1.165) is 71.3 Å². The first-order valence-electron chi connectivity index (χ1n) is 11.4. The van der Waals surface area contributed by atoms with Gasteiger partial charge >= 0.3 is 0 Å². The smallest absolute Gasteiger partial charge is 0.227 e. The number of hydrogen-bond donors (Lipinski definition) is 1. The summed E-state index contributed by atoms with van der Waals surface area (Å²) in [5, 5.41) is 0. The Hall–Kier alpha value is -1.97. The molecular formula is C25H33Br2N3O4. The Kier molecular flexibility index (Phi) is 9.91. The fourth-order valence-corrected chi connectivity index (χ4v) is 5.21. The van der Waals surface area contributed by atoms with Gasteiger partial charge in [0.15, 0.2) is 11.5 Å². The molecule has 34 heavy (non-hydrogen) atoms. The van der Waals surface area contributed by atoms with Crippen LogP contribution in [0.3, 0.4) is 0 Å². The highest BCUT2D eigenvalue weighted by Crippen LogP contribution is 2.33. The highest BCUT2D eigenvalue weighted by molar-refractivity contribution is 9.11. The van der Waals surface area contributed by atoms with Gasteiger partial charge in [-0.1, -0.05) is 0 Å². The molecule has 0 radical (unpaired) electrons. The van der Waals surface area contributed by atoms with Gasteiger partial charge in [0, 0.05) is 28.6 Å². The highest BCUT2D eigenvalue weighted by atomic mass is 79.9. The number of hydrogen-bond acceptors (Lipinski definition) is 6. The van der Waals surface area contributed by atoms with Crippen molar-refractivity contribution in [2.24, 2.45) is 0 Å². The number of benzene rings is 2. The first kappa shape index (κ1) is 26.6. The topological polar surface area (TPSA) is 77.3 Å². The lowest BCUT2D eigenvalue weighted by Gasteiger charge is -2.23. The molecular weight excluding hydrogens is 566 g/mol. The molecule has 186 valence electrons. The second kappa shape index (κ2) is 12.7. The van der Waals surface area contributed by atoms with Crippen LogP contribution in [0.25, 0.3) is 0 Å². The molecule has 2 aromatic rings. The van der Waals surface area contributed by atoms with Gasteiger partial charge in [-0.2, -0.15) is 0 Å². The van der Waals surface area contributed by atoms with Crippen LogP contribution in [-0.4, -0.2) is 69.8 Å². The lowest BCUT2D eigenvalue weighted by Crippen LogP contribution is -2.35. The second-order valence-corrected chi connectivity index (χ2v) is 10.2. The summed E-state index contributed by atoms with van der Waals surface area (Å²) in [6, 6.07) is 7.70. The Morgan fingerprint density at radius 3 is 2.26 bits per heavy atom. The van der Waals surface area contributed by atoms with E-state index in [4.69, 9.17) is 19.9 Å². The summed E-state index contributed by atoms with van der Waals surface area (Å²) in [6.45, 7) is 3.97. The number of nitrogens with zero attached hydrogens (tertiary/aromatic N) is 2. The minimum Gasteiger partial charge on any atom is -0.493 e. The van der Waals surface area contributed by atoms with E-state index in [-0.39, 0.29) is 5.91 Å². The summed E-state index contributed by atoms with van der Waals surface area (Å²) in [5.74, 6) is 2.34. The number of fused-ring (bicyclic) bond motifs is 1. The summed E-state index contributed by atoms with van der Waals surface area (Å²) in [7, 11) is 5.36. The standard InChI is InChI=1S/C25H33Br2N3O4/c1-29(8-5-11-34-19-15-20(26)25(28)21(27)16-19)7-4-9-30-10-6-17-12-22(32-2)23(33-3)13-18(17)14-24(30)31/h12-13,15-16H,4-11,14,28H2,1-3H3. The van der Waals surface area contributed by atoms with Crippen molar-refractivity contribution in [3.8, 4) is 17.2 Å². The molecule has 2 N–H and O–H groups in total. The molecule has 9 heteroatoms. The minimum atomic E-state index is 0.169. The lowest BCUT2D eigenvalue weighted by atomic mass is 10.0. The molecule has 0 aliphatic carbocycles. The van der Waals surface area contributed by atoms with Crippen molar-refractivity contribution in [3.05, 3.63) is 44.3 Å². The Balaban J connectivity index is 1.39. The summed E-state index contributed by atoms with van der Waals surface area (Å²) >= 11 is 6.88. The lowest BCUT2D eigenvalue weighted by molar-refractivity contribution is -0.130. The Bertz CT molecular complexity index is 979. The van der Waals surface area contributed by atoms with Gasteiger partial charge in [0.25, 0.3) is 0 Å². The highest BCUT2D eigenvalue weighted by Gasteiger charge is 2.22. The number of rotatable bonds is 11. The fourth-order valence-electron chi connectivity index (χ4n) is 4.06. The Morgan fingerprint density at radius 2 is 1.62 bits per heavy atom. The average molecular weight is 599 g/mol. The number of anilines is 1. The van der Waals surface area contributed by atoms with Crippen LogP contribution in [0.1, 0.15) is 24.0 Å². The van der Waals surface area contributed by atoms with E-state index in [1.807, 2.05) is 29.2 Å². The Morgan fingerprint density at radius 1 is 1.00 bits per heavy atom. The number of nitrogen functional groups attached to an aromatic ring is 1. The molecule has 0 atom stereocenters. The maximum absolute atomic E-state index is 12.8. The zero-order chi connectivity index (χ0) is 24.7. The number of halogens is 2. The number of carbonyl (C=O) groups excluding carboxylic acids is 1. The van der Waals surface area contributed by atoms with Gasteiger partial charge in [-0.3, -0.25) is 4.79 Å². The van der Waals surface area contributed by atoms with Crippen molar-refractivity contribution in [1.29, 1.82) is 0 Å². The van der Waals surface area contributed by atoms with Crippen LogP contribution < -0.4 is 19.9 Å². The van der Waals surface area contributed by atoms with Gasteiger partial charge in [-0.25, -0.2) is 0 Å². The molecule has 7 nitrogen and oxygen atoms in total. The van der Waals surface area contributed by atoms with Crippen LogP contribution in [0.5, 0.6) is 17.2 Å². The molecule has 1 aliphatic heterocycles. The molecule has 0 aromatic heterocycles. The number of nitrogens with two attached hydrogens (primary N) is 1. The van der Waals surface area contributed by atoms with Crippen LogP contribution in [-0.2, 0) is 17.6 Å². The third-order valence-corrected chi connectivity index (χ3v) is 7.34. The molecule has 0 unspecified atom stereocenters. The van der Waals surface area contributed by atoms with Crippen molar-refractivity contribution in [1.82, 2.24) is 9.80 Å². The molecule has 0 fully saturated rings. The molecule has 3 rings (SSSR count). The Labute approximate surface area is 218 Å². The van der Waals surface area contributed by atoms with E-state index in [1.54, 1.807) is 14.2 Å². The largest absolute Gasteiger partial charge is 0.493 e. The van der Waals surface area contributed by atoms with E-state index < -0.39 is 0 Å². The van der Waals surface area contributed by atoms with Gasteiger partial charge in [-0.05, 0) is 100 Å². The molecule has 0 spiro atoms. The number of ether oxygens (including phenoxy) is 3. The fraction of sp³-hybridized carbons (Fsp3) is 0.480. The van der Waals surface area contributed by atoms with Crippen LogP contribution >= 0.6 is 31.9 Å². The summed E-state index contributed by atoms with van der Waals surface area (Å²) in [6.07, 6.45) is 3.08. The maximum Gasteiger partial charge on any atom is 0.227 e. The van der Waals surface area contributed by atoms with Crippen molar-refractivity contribution in [2.45, 2.75) is 25.7 Å². The molecule has 0 bridgehead atoms. The van der Waals surface area contributed by atoms with Gasteiger partial charge in [0.05, 0.1) is 32.9 Å². The SMILES string of the molecule is COc1cc2c(cc1OC)CC(=O)N(CCCN(C)CCCOc1cc(Br)c(N)c(Br)c1)CC2. The third-order valence-electron chi connectivity index (χ3n) is 6.02. The van der Waals surface area contributed by atoms with E-state index in [1.165, 1.54) is 0 Å². The molecule has 1 amide bonds. The summed E-state index contributed by atoms with van der Waals surface area (Å²) < 4.78 is 18.3. The van der Waals surface area contributed by atoms with Crippen molar-refractivity contribution >= 4 is 43.5 Å². The first-order valence-corrected chi connectivity index (χ1v) is 13.0. The van der Waals surface area contributed by atoms with E-state index in [2.05, 4.69) is 43.8 Å². The number of carbonyl (C=O) groups is 1. The van der Waals surface area contributed by atoms with Crippen LogP contribution in [0, 0.1) is 0 Å². The molecule has 0 saturated heterocycles. The average Bonchev–Trinajstić information content (AvgIpc) is 2.97. The zero-order valence-electron chi connectivity index (χ0n) is 20.0. The van der Waals surface area contributed by atoms with E-state index in [9.17, 15) is 4.79 Å². The summed E-state index contributed by atoms with van der Waals surface area (Å²) in [5.41, 5.74) is 8.77. The zero-order valence-corrected chi connectivity index (χ0v) is 23.2. The molecule has 0 saturated carbocycles. The van der Waals surface area contributed by atoms with Crippen molar-refractivity contribution in [3.63, 3.8) is 0 Å². The van der Waals surface area contributed by atoms with Gasteiger partial charge in [0.2, 0.25) is 5.91 Å². The number of methoxy groups -OCH3 is 2. The van der Waals surface area contributed by atoms with Gasteiger partial charge < -0.3 is 29.7 Å². The van der Waals surface area contributed by atoms with Crippen LogP contribution in [0.2, 0.25) is 0 Å². The number of amides is 1. The predicted molar refractivity (Wildman–Crippen MR) is 142 cm³/mol. The second-order valence-electron chi connectivity index (χ2n) is 8.44.